The molecule has 3 rings (SSSR count). The molecule has 1 fully saturated rings. The Balaban J connectivity index is 1.55. The van der Waals surface area contributed by atoms with Gasteiger partial charge < -0.3 is 9.64 Å². The minimum absolute atomic E-state index is 0.185. The number of likely N-dealkylation sites (N-methyl/N-ethyl adjacent to an activating group) is 1. The van der Waals surface area contributed by atoms with E-state index in [1.807, 2.05) is 30.3 Å². The minimum atomic E-state index is -0.925. The first-order valence-electron chi connectivity index (χ1n) is 9.77. The van der Waals surface area contributed by atoms with Crippen molar-refractivity contribution < 1.29 is 23.9 Å². The van der Waals surface area contributed by atoms with Crippen molar-refractivity contribution in [1.29, 1.82) is 0 Å². The quantitative estimate of drug-likeness (QED) is 0.519. The molecule has 1 aliphatic rings. The highest BCUT2D eigenvalue weighted by Crippen LogP contribution is 2.17. The van der Waals surface area contributed by atoms with E-state index in [1.165, 1.54) is 9.80 Å². The van der Waals surface area contributed by atoms with Crippen LogP contribution in [0, 0.1) is 0 Å². The van der Waals surface area contributed by atoms with E-state index in [1.54, 1.807) is 38.2 Å². The second-order valence-electron chi connectivity index (χ2n) is 7.30. The summed E-state index contributed by atoms with van der Waals surface area (Å²) < 4.78 is 5.32. The summed E-state index contributed by atoms with van der Waals surface area (Å²) in [6.07, 6.45) is -0.437. The smallest absolute Gasteiger partial charge is 0.338 e. The van der Waals surface area contributed by atoms with Gasteiger partial charge in [-0.3, -0.25) is 19.3 Å². The number of ether oxygens (including phenoxy) is 1. The number of imide groups is 1. The Hall–Kier alpha value is -3.48. The van der Waals surface area contributed by atoms with Crippen LogP contribution in [0.5, 0.6) is 0 Å². The summed E-state index contributed by atoms with van der Waals surface area (Å²) in [6.45, 7) is 2.15. The van der Waals surface area contributed by atoms with E-state index in [4.69, 9.17) is 4.74 Å². The first kappa shape index (κ1) is 21.2. The highest BCUT2D eigenvalue weighted by molar-refractivity contribution is 6.01. The van der Waals surface area contributed by atoms with Gasteiger partial charge in [-0.05, 0) is 30.2 Å². The highest BCUT2D eigenvalue weighted by Gasteiger charge is 2.28. The molecule has 1 unspecified atom stereocenters. The number of rotatable bonds is 7. The van der Waals surface area contributed by atoms with Crippen LogP contribution >= 0.6 is 0 Å². The van der Waals surface area contributed by atoms with Crippen LogP contribution in [-0.4, -0.2) is 46.6 Å². The molecule has 3 amide bonds. The number of benzene rings is 2. The van der Waals surface area contributed by atoms with Gasteiger partial charge in [-0.15, -0.1) is 0 Å². The van der Waals surface area contributed by atoms with Gasteiger partial charge in [0, 0.05) is 26.4 Å². The number of likely N-dealkylation sites (tertiary alicyclic amines) is 1. The fraction of sp³-hybridized carbons (Fsp3) is 0.304. The molecular weight excluding hydrogens is 384 g/mol. The van der Waals surface area contributed by atoms with Crippen LogP contribution in [0.1, 0.15) is 41.3 Å². The summed E-state index contributed by atoms with van der Waals surface area (Å²) in [6, 6.07) is 16.0. The zero-order valence-corrected chi connectivity index (χ0v) is 17.0. The maximum Gasteiger partial charge on any atom is 0.338 e. The van der Waals surface area contributed by atoms with E-state index in [2.05, 4.69) is 0 Å². The molecule has 2 aromatic rings. The van der Waals surface area contributed by atoms with Crippen molar-refractivity contribution in [3.05, 3.63) is 71.3 Å². The predicted octanol–water partition coefficient (Wildman–Crippen LogP) is 2.54. The molecule has 1 heterocycles. The molecule has 0 aliphatic carbocycles. The van der Waals surface area contributed by atoms with Crippen LogP contribution in [-0.2, 0) is 32.2 Å². The second-order valence-corrected chi connectivity index (χ2v) is 7.30. The van der Waals surface area contributed by atoms with Crippen LogP contribution in [0.3, 0.4) is 0 Å². The van der Waals surface area contributed by atoms with Crippen molar-refractivity contribution in [3.63, 3.8) is 0 Å². The average molecular weight is 408 g/mol. The minimum Gasteiger partial charge on any atom is -0.449 e. The largest absolute Gasteiger partial charge is 0.449 e. The van der Waals surface area contributed by atoms with Crippen molar-refractivity contribution >= 4 is 23.7 Å². The Morgan fingerprint density at radius 3 is 2.17 bits per heavy atom. The summed E-state index contributed by atoms with van der Waals surface area (Å²) in [5.41, 5.74) is 2.02. The van der Waals surface area contributed by atoms with Crippen molar-refractivity contribution in [2.24, 2.45) is 0 Å². The molecule has 0 saturated carbocycles. The van der Waals surface area contributed by atoms with Gasteiger partial charge in [0.25, 0.3) is 5.91 Å². The molecule has 2 aromatic carbocycles. The summed E-state index contributed by atoms with van der Waals surface area (Å²) in [5.74, 6) is -1.27. The lowest BCUT2D eigenvalue weighted by atomic mass is 10.1. The summed E-state index contributed by atoms with van der Waals surface area (Å²) in [5, 5.41) is 0. The van der Waals surface area contributed by atoms with E-state index >= 15 is 0 Å². The molecule has 1 atom stereocenters. The third kappa shape index (κ3) is 5.11. The fourth-order valence-corrected chi connectivity index (χ4v) is 3.25. The zero-order valence-electron chi connectivity index (χ0n) is 17.0. The molecule has 1 aliphatic heterocycles. The molecule has 0 radical (unpaired) electrons. The molecule has 0 spiro atoms. The van der Waals surface area contributed by atoms with Gasteiger partial charge in [-0.25, -0.2) is 4.79 Å². The van der Waals surface area contributed by atoms with Gasteiger partial charge in [0.15, 0.2) is 6.10 Å². The van der Waals surface area contributed by atoms with Crippen molar-refractivity contribution in [2.45, 2.75) is 39.0 Å². The lowest BCUT2D eigenvalue weighted by Gasteiger charge is -2.21. The standard InChI is InChI=1S/C23H24N2O5/c1-16(22(28)24(2)14-17-6-4-3-5-7-17)30-23(29)19-10-8-18(9-11-19)15-25-20(26)12-13-21(25)27/h3-11,16H,12-15H2,1-2H3. The van der Waals surface area contributed by atoms with Gasteiger partial charge in [-0.2, -0.15) is 0 Å². The normalized spacial score (nSPS) is 14.5. The molecule has 0 aromatic heterocycles. The van der Waals surface area contributed by atoms with Gasteiger partial charge in [0.2, 0.25) is 11.8 Å². The highest BCUT2D eigenvalue weighted by atomic mass is 16.5. The first-order valence-corrected chi connectivity index (χ1v) is 9.77. The van der Waals surface area contributed by atoms with Crippen molar-refractivity contribution in [1.82, 2.24) is 9.80 Å². The van der Waals surface area contributed by atoms with Crippen LogP contribution in [0.25, 0.3) is 0 Å². The average Bonchev–Trinajstić information content (AvgIpc) is 3.06. The summed E-state index contributed by atoms with van der Waals surface area (Å²) >= 11 is 0. The number of amides is 3. The van der Waals surface area contributed by atoms with E-state index in [-0.39, 0.29) is 37.1 Å². The Morgan fingerprint density at radius 1 is 0.967 bits per heavy atom. The van der Waals surface area contributed by atoms with Crippen molar-refractivity contribution in [2.75, 3.05) is 7.05 Å². The third-order valence-corrected chi connectivity index (χ3v) is 4.96. The Kier molecular flexibility index (Phi) is 6.61. The topological polar surface area (TPSA) is 84.0 Å². The molecule has 7 heteroatoms. The number of hydrogen-bond donors (Lipinski definition) is 0. The fourth-order valence-electron chi connectivity index (χ4n) is 3.25. The summed E-state index contributed by atoms with van der Waals surface area (Å²) in [7, 11) is 1.66. The van der Waals surface area contributed by atoms with Crippen molar-refractivity contribution in [3.8, 4) is 0 Å². The van der Waals surface area contributed by atoms with E-state index < -0.39 is 12.1 Å². The zero-order chi connectivity index (χ0) is 21.7. The van der Waals surface area contributed by atoms with Gasteiger partial charge in [-0.1, -0.05) is 42.5 Å². The molecule has 0 bridgehead atoms. The van der Waals surface area contributed by atoms with Gasteiger partial charge in [0.1, 0.15) is 0 Å². The number of carbonyl (C=O) groups excluding carboxylic acids is 4. The predicted molar refractivity (Wildman–Crippen MR) is 109 cm³/mol. The molecule has 156 valence electrons. The molecule has 7 nitrogen and oxygen atoms in total. The SMILES string of the molecule is CC(OC(=O)c1ccc(CN2C(=O)CCC2=O)cc1)C(=O)N(C)Cc1ccccc1. The number of nitrogens with zero attached hydrogens (tertiary/aromatic N) is 2. The van der Waals surface area contributed by atoms with E-state index in [0.717, 1.165) is 11.1 Å². The van der Waals surface area contributed by atoms with Crippen LogP contribution < -0.4 is 0 Å². The molecule has 1 saturated heterocycles. The molecule has 30 heavy (non-hydrogen) atoms. The second kappa shape index (κ2) is 9.35. The lowest BCUT2D eigenvalue weighted by molar-refractivity contribution is -0.139. The van der Waals surface area contributed by atoms with Crippen LogP contribution in [0.2, 0.25) is 0 Å². The van der Waals surface area contributed by atoms with E-state index in [9.17, 15) is 19.2 Å². The number of carbonyl (C=O) groups is 4. The molecule has 0 N–H and O–H groups in total. The van der Waals surface area contributed by atoms with Gasteiger partial charge in [0.05, 0.1) is 12.1 Å². The van der Waals surface area contributed by atoms with Crippen LogP contribution in [0.15, 0.2) is 54.6 Å². The number of esters is 1. The maximum atomic E-state index is 12.5. The van der Waals surface area contributed by atoms with Crippen LogP contribution in [0.4, 0.5) is 0 Å². The maximum absolute atomic E-state index is 12.5. The Labute approximate surface area is 175 Å². The summed E-state index contributed by atoms with van der Waals surface area (Å²) in [4.78, 5) is 51.1. The Bertz CT molecular complexity index is 924. The number of hydrogen-bond acceptors (Lipinski definition) is 5. The Morgan fingerprint density at radius 2 is 1.57 bits per heavy atom. The lowest BCUT2D eigenvalue weighted by Crippen LogP contribution is -2.37. The molecular formula is C23H24N2O5. The van der Waals surface area contributed by atoms with E-state index in [0.29, 0.717) is 12.1 Å². The monoisotopic (exact) mass is 408 g/mol. The van der Waals surface area contributed by atoms with Gasteiger partial charge >= 0.3 is 5.97 Å². The first-order chi connectivity index (χ1) is 14.3. The third-order valence-electron chi connectivity index (χ3n) is 4.96.